The Morgan fingerprint density at radius 3 is 2.54 bits per heavy atom. The first-order valence-electron chi connectivity index (χ1n) is 8.29. The molecule has 0 aliphatic rings. The van der Waals surface area contributed by atoms with E-state index in [1.165, 1.54) is 0 Å². The van der Waals surface area contributed by atoms with Crippen LogP contribution in [0.4, 0.5) is 10.5 Å². The molecule has 0 spiro atoms. The molecule has 0 saturated carbocycles. The van der Waals surface area contributed by atoms with Gasteiger partial charge in [-0.25, -0.2) is 9.59 Å². The van der Waals surface area contributed by atoms with Gasteiger partial charge in [0.1, 0.15) is 5.75 Å². The number of unbranched alkanes of at least 4 members (excludes halogenated alkanes) is 1. The van der Waals surface area contributed by atoms with E-state index in [1.54, 1.807) is 48.5 Å². The first-order chi connectivity index (χ1) is 12.6. The zero-order valence-corrected chi connectivity index (χ0v) is 15.2. The first kappa shape index (κ1) is 19.6. The predicted molar refractivity (Wildman–Crippen MR) is 101 cm³/mol. The Labute approximate surface area is 157 Å². The molecule has 0 atom stereocenters. The van der Waals surface area contributed by atoms with E-state index < -0.39 is 12.0 Å². The Kier molecular flexibility index (Phi) is 7.76. The van der Waals surface area contributed by atoms with Crippen LogP contribution in [0, 0.1) is 0 Å². The SMILES string of the molecule is CCCCOC(=O)c1ccccc1NC(=O)NCOc1ccc(Cl)cc1. The fourth-order valence-corrected chi connectivity index (χ4v) is 2.17. The Hall–Kier alpha value is -2.73. The molecule has 0 bridgehead atoms. The quantitative estimate of drug-likeness (QED) is 0.405. The van der Waals surface area contributed by atoms with Crippen LogP contribution in [0.5, 0.6) is 5.75 Å². The first-order valence-corrected chi connectivity index (χ1v) is 8.67. The number of para-hydroxylation sites is 1. The summed E-state index contributed by atoms with van der Waals surface area (Å²) in [5.41, 5.74) is 0.676. The minimum absolute atomic E-state index is 0.0312. The van der Waals surface area contributed by atoms with Crippen LogP contribution in [0.2, 0.25) is 5.02 Å². The van der Waals surface area contributed by atoms with E-state index in [0.29, 0.717) is 28.6 Å². The molecule has 26 heavy (non-hydrogen) atoms. The molecule has 0 saturated heterocycles. The summed E-state index contributed by atoms with van der Waals surface area (Å²) in [7, 11) is 0. The van der Waals surface area contributed by atoms with E-state index in [9.17, 15) is 9.59 Å². The van der Waals surface area contributed by atoms with Crippen molar-refractivity contribution >= 4 is 29.3 Å². The van der Waals surface area contributed by atoms with Gasteiger partial charge >= 0.3 is 12.0 Å². The van der Waals surface area contributed by atoms with Crippen LogP contribution in [0.15, 0.2) is 48.5 Å². The number of esters is 1. The largest absolute Gasteiger partial charge is 0.473 e. The van der Waals surface area contributed by atoms with Crippen LogP contribution in [-0.4, -0.2) is 25.3 Å². The van der Waals surface area contributed by atoms with Crippen molar-refractivity contribution < 1.29 is 19.1 Å². The van der Waals surface area contributed by atoms with E-state index in [0.717, 1.165) is 12.8 Å². The highest BCUT2D eigenvalue weighted by atomic mass is 35.5. The lowest BCUT2D eigenvalue weighted by molar-refractivity contribution is 0.0501. The van der Waals surface area contributed by atoms with E-state index in [2.05, 4.69) is 10.6 Å². The molecule has 138 valence electrons. The molecule has 6 nitrogen and oxygen atoms in total. The second kappa shape index (κ2) is 10.3. The summed E-state index contributed by atoms with van der Waals surface area (Å²) in [6, 6.07) is 13.0. The summed E-state index contributed by atoms with van der Waals surface area (Å²) in [6.45, 7) is 2.33. The minimum atomic E-state index is -0.493. The molecular formula is C19H21ClN2O4. The lowest BCUT2D eigenvalue weighted by Crippen LogP contribution is -2.32. The van der Waals surface area contributed by atoms with Gasteiger partial charge in [0, 0.05) is 5.02 Å². The van der Waals surface area contributed by atoms with Crippen LogP contribution >= 0.6 is 11.6 Å². The number of hydrogen-bond acceptors (Lipinski definition) is 4. The van der Waals surface area contributed by atoms with E-state index in [-0.39, 0.29) is 6.73 Å². The van der Waals surface area contributed by atoms with Crippen LogP contribution in [0.1, 0.15) is 30.1 Å². The number of nitrogens with one attached hydrogen (secondary N) is 2. The summed E-state index contributed by atoms with van der Waals surface area (Å²) in [4.78, 5) is 24.1. The summed E-state index contributed by atoms with van der Waals surface area (Å²) in [5, 5.41) is 5.78. The second-order valence-corrected chi connectivity index (χ2v) is 5.84. The molecule has 7 heteroatoms. The molecule has 0 heterocycles. The molecule has 0 aliphatic carbocycles. The predicted octanol–water partition coefficient (Wildman–Crippen LogP) is 4.45. The molecule has 0 fully saturated rings. The second-order valence-electron chi connectivity index (χ2n) is 5.41. The highest BCUT2D eigenvalue weighted by Gasteiger charge is 2.14. The fourth-order valence-electron chi connectivity index (χ4n) is 2.04. The standard InChI is InChI=1S/C19H21ClN2O4/c1-2-3-12-25-18(23)16-6-4-5-7-17(16)22-19(24)21-13-26-15-10-8-14(20)9-11-15/h4-11H,2-3,12-13H2,1H3,(H2,21,22,24). The number of amides is 2. The van der Waals surface area contributed by atoms with Gasteiger partial charge < -0.3 is 20.1 Å². The fraction of sp³-hybridized carbons (Fsp3) is 0.263. The molecule has 0 aliphatic heterocycles. The number of anilines is 1. The van der Waals surface area contributed by atoms with Crippen LogP contribution < -0.4 is 15.4 Å². The maximum absolute atomic E-state index is 12.1. The Bertz CT molecular complexity index is 735. The van der Waals surface area contributed by atoms with Gasteiger partial charge in [0.25, 0.3) is 0 Å². The van der Waals surface area contributed by atoms with Gasteiger partial charge in [-0.1, -0.05) is 37.1 Å². The smallest absolute Gasteiger partial charge is 0.340 e. The number of benzene rings is 2. The maximum atomic E-state index is 12.1. The van der Waals surface area contributed by atoms with Crippen molar-refractivity contribution in [2.75, 3.05) is 18.7 Å². The number of carbonyl (C=O) groups excluding carboxylic acids is 2. The highest BCUT2D eigenvalue weighted by molar-refractivity contribution is 6.30. The topological polar surface area (TPSA) is 76.7 Å². The van der Waals surface area contributed by atoms with Gasteiger partial charge in [-0.05, 0) is 42.8 Å². The molecule has 0 aromatic heterocycles. The van der Waals surface area contributed by atoms with Gasteiger partial charge in [0.2, 0.25) is 0 Å². The van der Waals surface area contributed by atoms with Crippen molar-refractivity contribution in [3.05, 3.63) is 59.1 Å². The Morgan fingerprint density at radius 1 is 1.08 bits per heavy atom. The van der Waals surface area contributed by atoms with Crippen LogP contribution in [0.25, 0.3) is 0 Å². The number of urea groups is 1. The van der Waals surface area contributed by atoms with Gasteiger partial charge in [0.15, 0.2) is 6.73 Å². The van der Waals surface area contributed by atoms with Crippen molar-refractivity contribution in [2.45, 2.75) is 19.8 Å². The van der Waals surface area contributed by atoms with Gasteiger partial charge in [0.05, 0.1) is 17.9 Å². The van der Waals surface area contributed by atoms with Crippen molar-refractivity contribution in [1.29, 1.82) is 0 Å². The number of carbonyl (C=O) groups is 2. The lowest BCUT2D eigenvalue weighted by atomic mass is 10.2. The maximum Gasteiger partial charge on any atom is 0.340 e. The molecule has 2 aromatic rings. The van der Waals surface area contributed by atoms with E-state index >= 15 is 0 Å². The molecular weight excluding hydrogens is 356 g/mol. The van der Waals surface area contributed by atoms with Crippen molar-refractivity contribution in [1.82, 2.24) is 5.32 Å². The summed E-state index contributed by atoms with van der Waals surface area (Å²) < 4.78 is 10.6. The minimum Gasteiger partial charge on any atom is -0.473 e. The van der Waals surface area contributed by atoms with E-state index in [4.69, 9.17) is 21.1 Å². The Morgan fingerprint density at radius 2 is 1.81 bits per heavy atom. The van der Waals surface area contributed by atoms with Gasteiger partial charge in [-0.2, -0.15) is 0 Å². The highest BCUT2D eigenvalue weighted by Crippen LogP contribution is 2.17. The number of rotatable bonds is 8. The third-order valence-electron chi connectivity index (χ3n) is 3.41. The number of hydrogen-bond donors (Lipinski definition) is 2. The summed E-state index contributed by atoms with van der Waals surface area (Å²) in [6.07, 6.45) is 1.73. The van der Waals surface area contributed by atoms with Crippen molar-refractivity contribution in [3.8, 4) is 5.75 Å². The average Bonchev–Trinajstić information content (AvgIpc) is 2.64. The average molecular weight is 377 g/mol. The summed E-state index contributed by atoms with van der Waals surface area (Å²) in [5.74, 6) is 0.112. The normalized spacial score (nSPS) is 10.1. The molecule has 2 amide bonds. The Balaban J connectivity index is 1.86. The molecule has 2 rings (SSSR count). The van der Waals surface area contributed by atoms with Crippen molar-refractivity contribution in [2.24, 2.45) is 0 Å². The third-order valence-corrected chi connectivity index (χ3v) is 3.66. The van der Waals surface area contributed by atoms with Crippen molar-refractivity contribution in [3.63, 3.8) is 0 Å². The van der Waals surface area contributed by atoms with Crippen LogP contribution in [0.3, 0.4) is 0 Å². The van der Waals surface area contributed by atoms with Crippen LogP contribution in [-0.2, 0) is 4.74 Å². The zero-order chi connectivity index (χ0) is 18.8. The van der Waals surface area contributed by atoms with E-state index in [1.807, 2.05) is 6.92 Å². The lowest BCUT2D eigenvalue weighted by Gasteiger charge is -2.12. The third kappa shape index (κ3) is 6.29. The molecule has 2 aromatic carbocycles. The zero-order valence-electron chi connectivity index (χ0n) is 14.5. The monoisotopic (exact) mass is 376 g/mol. The summed E-state index contributed by atoms with van der Waals surface area (Å²) >= 11 is 5.79. The van der Waals surface area contributed by atoms with Gasteiger partial charge in [-0.3, -0.25) is 0 Å². The molecule has 0 radical (unpaired) electrons. The molecule has 0 unspecified atom stereocenters. The molecule has 2 N–H and O–H groups in total. The number of ether oxygens (including phenoxy) is 2. The number of halogens is 1. The van der Waals surface area contributed by atoms with Gasteiger partial charge in [-0.15, -0.1) is 0 Å².